The molecule has 27 heavy (non-hydrogen) atoms. The molecule has 4 atom stereocenters. The molecular formula is C24H40O3. The Morgan fingerprint density at radius 3 is 2.52 bits per heavy atom. The summed E-state index contributed by atoms with van der Waals surface area (Å²) in [5.41, 5.74) is 4.10. The minimum Gasteiger partial charge on any atom is -0.389 e. The maximum atomic E-state index is 10.5. The van der Waals surface area contributed by atoms with Crippen LogP contribution in [0.5, 0.6) is 0 Å². The van der Waals surface area contributed by atoms with Crippen LogP contribution in [0.25, 0.3) is 0 Å². The third-order valence-corrected chi connectivity index (χ3v) is 6.82. The van der Waals surface area contributed by atoms with E-state index in [-0.39, 0.29) is 17.6 Å². The lowest BCUT2D eigenvalue weighted by atomic mass is 9.73. The zero-order chi connectivity index (χ0) is 19.9. The van der Waals surface area contributed by atoms with Crippen LogP contribution in [-0.2, 0) is 9.47 Å². The first-order chi connectivity index (χ1) is 12.9. The molecule has 0 aromatic heterocycles. The van der Waals surface area contributed by atoms with E-state index in [0.29, 0.717) is 12.7 Å². The van der Waals surface area contributed by atoms with Gasteiger partial charge < -0.3 is 14.6 Å². The van der Waals surface area contributed by atoms with Crippen molar-refractivity contribution in [1.82, 2.24) is 0 Å². The van der Waals surface area contributed by atoms with Crippen LogP contribution in [-0.4, -0.2) is 31.2 Å². The van der Waals surface area contributed by atoms with E-state index in [1.54, 1.807) is 7.11 Å². The highest BCUT2D eigenvalue weighted by atomic mass is 16.7. The van der Waals surface area contributed by atoms with Crippen molar-refractivity contribution in [1.29, 1.82) is 0 Å². The lowest BCUT2D eigenvalue weighted by molar-refractivity contribution is -0.110. The highest BCUT2D eigenvalue weighted by Gasteiger charge is 2.46. The van der Waals surface area contributed by atoms with Gasteiger partial charge in [0.15, 0.2) is 0 Å². The maximum absolute atomic E-state index is 10.5. The highest BCUT2D eigenvalue weighted by molar-refractivity contribution is 5.12. The van der Waals surface area contributed by atoms with Gasteiger partial charge in [-0.15, -0.1) is 0 Å². The lowest BCUT2D eigenvalue weighted by Crippen LogP contribution is -2.34. The maximum Gasteiger partial charge on any atom is 0.146 e. The van der Waals surface area contributed by atoms with Gasteiger partial charge in [0.1, 0.15) is 6.79 Å². The fraction of sp³-hybridized carbons (Fsp3) is 0.750. The standard InChI is InChI=1S/C24H40O3/c1-18-7-6-8-19(2)15-16-24(4)21(12-14-23(24)27-17-26-5)11-10-20(3)22(25)13-9-18/h7,10,15,21-23,25H,6,8-9,11-14,16-17H2,1-5H3/b18-7+,19-15+,20-10+/t21-,22+,23?,24+/m1/s1. The number of aliphatic hydroxyl groups excluding tert-OH is 1. The van der Waals surface area contributed by atoms with Gasteiger partial charge in [-0.25, -0.2) is 0 Å². The molecule has 1 saturated carbocycles. The number of allylic oxidation sites excluding steroid dienone is 5. The third-order valence-electron chi connectivity index (χ3n) is 6.82. The minimum absolute atomic E-state index is 0.119. The molecule has 0 bridgehead atoms. The number of hydrogen-bond donors (Lipinski definition) is 1. The molecule has 1 unspecified atom stereocenters. The Hall–Kier alpha value is -0.900. The van der Waals surface area contributed by atoms with Gasteiger partial charge in [0, 0.05) is 12.5 Å². The number of hydrogen-bond acceptors (Lipinski definition) is 3. The van der Waals surface area contributed by atoms with E-state index in [0.717, 1.165) is 50.5 Å². The Kier molecular flexibility index (Phi) is 8.78. The van der Waals surface area contributed by atoms with Crippen molar-refractivity contribution in [2.45, 2.75) is 91.3 Å². The number of aliphatic hydroxyl groups is 1. The third kappa shape index (κ3) is 6.30. The molecule has 0 radical (unpaired) electrons. The van der Waals surface area contributed by atoms with Crippen molar-refractivity contribution in [2.75, 3.05) is 13.9 Å². The van der Waals surface area contributed by atoms with Crippen molar-refractivity contribution in [2.24, 2.45) is 11.3 Å². The SMILES string of the molecule is COCOC1CC[C@H]2C/C=C(\C)[C@@H](O)CC/C(C)=C/CC/C(C)=C/C[C@]12C. The van der Waals surface area contributed by atoms with Crippen molar-refractivity contribution in [3.63, 3.8) is 0 Å². The fourth-order valence-corrected chi connectivity index (χ4v) is 4.58. The first kappa shape index (κ1) is 22.4. The van der Waals surface area contributed by atoms with Gasteiger partial charge in [-0.05, 0) is 83.6 Å². The zero-order valence-electron chi connectivity index (χ0n) is 18.1. The second-order valence-electron chi connectivity index (χ2n) is 8.92. The lowest BCUT2D eigenvalue weighted by Gasteiger charge is -2.36. The van der Waals surface area contributed by atoms with Crippen molar-refractivity contribution in [3.8, 4) is 0 Å². The largest absolute Gasteiger partial charge is 0.389 e. The van der Waals surface area contributed by atoms with Crippen LogP contribution in [0.4, 0.5) is 0 Å². The Morgan fingerprint density at radius 2 is 1.78 bits per heavy atom. The van der Waals surface area contributed by atoms with E-state index in [4.69, 9.17) is 9.47 Å². The number of fused-ring (bicyclic) bond motifs is 1. The van der Waals surface area contributed by atoms with Crippen LogP contribution < -0.4 is 0 Å². The number of ether oxygens (including phenoxy) is 2. The molecule has 0 amide bonds. The van der Waals surface area contributed by atoms with Gasteiger partial charge in [-0.1, -0.05) is 36.3 Å². The highest BCUT2D eigenvalue weighted by Crippen LogP contribution is 2.50. The summed E-state index contributed by atoms with van der Waals surface area (Å²) in [5.74, 6) is 0.579. The molecule has 1 N–H and O–H groups in total. The van der Waals surface area contributed by atoms with Crippen molar-refractivity contribution >= 4 is 0 Å². The van der Waals surface area contributed by atoms with Crippen LogP contribution in [0.15, 0.2) is 34.9 Å². The van der Waals surface area contributed by atoms with Gasteiger partial charge in [0.2, 0.25) is 0 Å². The van der Waals surface area contributed by atoms with Crippen LogP contribution in [0.2, 0.25) is 0 Å². The average Bonchev–Trinajstić information content (AvgIpc) is 2.95. The molecule has 2 aliphatic rings. The van der Waals surface area contributed by atoms with Crippen molar-refractivity contribution in [3.05, 3.63) is 34.9 Å². The van der Waals surface area contributed by atoms with Gasteiger partial charge in [-0.3, -0.25) is 0 Å². The van der Waals surface area contributed by atoms with Crippen LogP contribution in [0.1, 0.15) is 79.1 Å². The smallest absolute Gasteiger partial charge is 0.146 e. The predicted molar refractivity (Wildman–Crippen MR) is 113 cm³/mol. The summed E-state index contributed by atoms with van der Waals surface area (Å²) in [5, 5.41) is 10.5. The van der Waals surface area contributed by atoms with Gasteiger partial charge in [0.25, 0.3) is 0 Å². The summed E-state index contributed by atoms with van der Waals surface area (Å²) in [6.07, 6.45) is 15.3. The monoisotopic (exact) mass is 376 g/mol. The van der Waals surface area contributed by atoms with Gasteiger partial charge in [0.05, 0.1) is 12.2 Å². The van der Waals surface area contributed by atoms with Gasteiger partial charge in [-0.2, -0.15) is 0 Å². The number of rotatable bonds is 3. The molecule has 0 aliphatic heterocycles. The van der Waals surface area contributed by atoms with E-state index in [2.05, 4.69) is 45.9 Å². The van der Waals surface area contributed by atoms with Crippen LogP contribution in [0.3, 0.4) is 0 Å². The zero-order valence-corrected chi connectivity index (χ0v) is 18.1. The second-order valence-corrected chi connectivity index (χ2v) is 8.92. The first-order valence-electron chi connectivity index (χ1n) is 10.6. The quantitative estimate of drug-likeness (QED) is 0.489. The molecule has 3 heteroatoms. The van der Waals surface area contributed by atoms with Crippen LogP contribution >= 0.6 is 0 Å². The summed E-state index contributed by atoms with van der Waals surface area (Å²) < 4.78 is 11.3. The molecule has 1 fully saturated rings. The van der Waals surface area contributed by atoms with Gasteiger partial charge >= 0.3 is 0 Å². The van der Waals surface area contributed by atoms with E-state index in [1.165, 1.54) is 17.6 Å². The molecule has 2 aliphatic carbocycles. The first-order valence-corrected chi connectivity index (χ1v) is 10.6. The normalized spacial score (nSPS) is 39.8. The molecular weight excluding hydrogens is 336 g/mol. The Morgan fingerprint density at radius 1 is 1.04 bits per heavy atom. The van der Waals surface area contributed by atoms with Crippen LogP contribution in [0, 0.1) is 11.3 Å². The second kappa shape index (κ2) is 10.6. The molecule has 0 saturated heterocycles. The summed E-state index contributed by atoms with van der Waals surface area (Å²) in [4.78, 5) is 0. The minimum atomic E-state index is -0.327. The Labute approximate surface area is 166 Å². The summed E-state index contributed by atoms with van der Waals surface area (Å²) in [7, 11) is 1.69. The molecule has 0 aromatic carbocycles. The Bertz CT molecular complexity index is 560. The average molecular weight is 377 g/mol. The van der Waals surface area contributed by atoms with Crippen molar-refractivity contribution < 1.29 is 14.6 Å². The summed E-state index contributed by atoms with van der Waals surface area (Å²) in [6, 6.07) is 0. The van der Waals surface area contributed by atoms with E-state index in [9.17, 15) is 5.11 Å². The molecule has 3 nitrogen and oxygen atoms in total. The molecule has 154 valence electrons. The fourth-order valence-electron chi connectivity index (χ4n) is 4.58. The predicted octanol–water partition coefficient (Wildman–Crippen LogP) is 5.95. The molecule has 0 heterocycles. The molecule has 0 aromatic rings. The summed E-state index contributed by atoms with van der Waals surface area (Å²) in [6.45, 7) is 9.28. The topological polar surface area (TPSA) is 38.7 Å². The van der Waals surface area contributed by atoms with E-state index < -0.39 is 0 Å². The van der Waals surface area contributed by atoms with E-state index >= 15 is 0 Å². The molecule has 0 spiro atoms. The summed E-state index contributed by atoms with van der Waals surface area (Å²) >= 11 is 0. The molecule has 2 rings (SSSR count). The Balaban J connectivity index is 2.24. The van der Waals surface area contributed by atoms with E-state index in [1.807, 2.05) is 0 Å². The number of methoxy groups -OCH3 is 1.